The van der Waals surface area contributed by atoms with E-state index in [2.05, 4.69) is 40.4 Å². The molecular formula is C63H78F4N12O7S. The Kier molecular flexibility index (Phi) is 20.1. The molecule has 0 spiro atoms. The second-order valence-electron chi connectivity index (χ2n) is 24.6. The normalized spacial score (nSPS) is 20.1. The summed E-state index contributed by atoms with van der Waals surface area (Å²) in [6.45, 7) is 16.2. The maximum absolute atomic E-state index is 16.3. The molecule has 3 aromatic heterocycles. The second-order valence-corrected chi connectivity index (χ2v) is 25.4. The lowest BCUT2D eigenvalue weighted by Gasteiger charge is -2.44. The highest BCUT2D eigenvalue weighted by Crippen LogP contribution is 2.38. The number of ketones is 1. The van der Waals surface area contributed by atoms with Crippen LogP contribution in [0.3, 0.4) is 0 Å². The van der Waals surface area contributed by atoms with Gasteiger partial charge in [0.15, 0.2) is 5.78 Å². The number of thiazole rings is 1. The van der Waals surface area contributed by atoms with Gasteiger partial charge in [-0.05, 0) is 87.7 Å². The molecule has 4 N–H and O–H groups in total. The number of amides is 4. The summed E-state index contributed by atoms with van der Waals surface area (Å²) in [5.74, 6) is -2.04. The number of nitrogens with zero attached hydrogens (tertiary/aromatic N) is 9. The van der Waals surface area contributed by atoms with Crippen LogP contribution < -0.4 is 26.0 Å². The summed E-state index contributed by atoms with van der Waals surface area (Å²) in [4.78, 5) is 108. The third-order valence-electron chi connectivity index (χ3n) is 17.2. The predicted molar refractivity (Wildman–Crippen MR) is 326 cm³/mol. The van der Waals surface area contributed by atoms with E-state index in [0.29, 0.717) is 108 Å². The molecule has 9 rings (SSSR count). The molecule has 5 atom stereocenters. The van der Waals surface area contributed by atoms with Gasteiger partial charge in [0.25, 0.3) is 5.91 Å². The van der Waals surface area contributed by atoms with Crippen molar-refractivity contribution in [3.8, 4) is 10.4 Å². The number of carbonyl (C=O) groups excluding carboxylic acids is 5. The summed E-state index contributed by atoms with van der Waals surface area (Å²) in [6.07, 6.45) is 2.77. The van der Waals surface area contributed by atoms with Crippen LogP contribution in [0.2, 0.25) is 0 Å². The molecule has 24 heteroatoms. The van der Waals surface area contributed by atoms with Crippen molar-refractivity contribution < 1.29 is 46.6 Å². The largest absolute Gasteiger partial charge is 0.417 e. The minimum absolute atomic E-state index is 0.00285. The number of carbonyl (C=O) groups is 5. The number of hydrogen-bond acceptors (Lipinski definition) is 15. The van der Waals surface area contributed by atoms with Gasteiger partial charge in [-0.1, -0.05) is 51.1 Å². The Balaban J connectivity index is 0.721. The number of aryl methyl sites for hydroxylation is 2. The molecule has 0 radical (unpaired) electrons. The minimum atomic E-state index is -4.98. The van der Waals surface area contributed by atoms with Crippen molar-refractivity contribution in [3.05, 3.63) is 122 Å². The number of Topliss-reactive ketones (excluding diaryl/α,β-unsaturated/α-hetero) is 1. The molecule has 4 aliphatic rings. The summed E-state index contributed by atoms with van der Waals surface area (Å²) in [7, 11) is 1.98. The molecular weight excluding hydrogens is 1140 g/mol. The third kappa shape index (κ3) is 15.7. The van der Waals surface area contributed by atoms with Crippen LogP contribution in [0.1, 0.15) is 118 Å². The van der Waals surface area contributed by atoms with Gasteiger partial charge in [-0.25, -0.2) is 19.3 Å². The molecule has 0 bridgehead atoms. The molecule has 3 saturated heterocycles. The van der Waals surface area contributed by atoms with E-state index >= 15 is 4.39 Å². The van der Waals surface area contributed by atoms with E-state index in [1.807, 2.05) is 99.1 Å². The van der Waals surface area contributed by atoms with E-state index < -0.39 is 64.1 Å². The molecule has 7 heterocycles. The van der Waals surface area contributed by atoms with Crippen LogP contribution in [0.5, 0.6) is 0 Å². The monoisotopic (exact) mass is 1220 g/mol. The van der Waals surface area contributed by atoms with Crippen LogP contribution in [0.15, 0.2) is 77.4 Å². The Morgan fingerprint density at radius 2 is 1.55 bits per heavy atom. The number of halogens is 4. The molecule has 19 nitrogen and oxygen atoms in total. The zero-order valence-corrected chi connectivity index (χ0v) is 51.2. The predicted octanol–water partition coefficient (Wildman–Crippen LogP) is 7.73. The second kappa shape index (κ2) is 27.3. The van der Waals surface area contributed by atoms with Gasteiger partial charge in [-0.3, -0.25) is 38.6 Å². The number of aliphatic hydroxyl groups excluding tert-OH is 1. The minimum Gasteiger partial charge on any atom is -0.391 e. The molecule has 2 aromatic carbocycles. The van der Waals surface area contributed by atoms with Crippen molar-refractivity contribution in [3.63, 3.8) is 0 Å². The SMILES string of the molecule is Cc1ncsc1-c1ccc(CCC(=O)[C@@H]2C[C@@H](O)CN2C(=O)[C@@H](NC(=O)CCCCC(=O)N2CCN(Cc3cnc(N4CC=C(c5cc(NC(=O)c6c[nH]c(=O)cc6C(F)(F)F)c(N6C[C@@H](C)N(C)[C@@H](C)C6)cc5F)CC4)nc3)CC2)C(C)(C)C)cc1. The number of likely N-dealkylation sites (tertiary alicyclic amines) is 1. The average molecular weight is 1220 g/mol. The molecule has 4 amide bonds. The standard InChI is InChI=1S/C63H78F4N12O7S/c1-38-33-78(34-39(2)74(38)7)51-29-49(64)46(27-50(51)72-59(85)47-32-68-55(83)28-48(47)63(65,66)67)43-18-20-77(21-19-43)61-69-30-42(31-70-61)35-75-22-24-76(25-23-75)56(84)11-9-8-10-54(82)73-58(62(4,5)6)60(86)79-36-45(80)26-52(79)53(81)17-14-41-12-15-44(16-13-41)57-40(3)71-37-87-57/h12-13,15-16,18,27-32,37-39,45,52,58,80H,8-11,14,17,19-26,33-36H2,1-7H3,(H,68,83)(H,72,85)(H,73,82)/t38-,39+,45-,52+,58-/m1/s1. The van der Waals surface area contributed by atoms with Crippen LogP contribution in [-0.4, -0.2) is 170 Å². The van der Waals surface area contributed by atoms with Crippen LogP contribution in [-0.2, 0) is 38.3 Å². The lowest BCUT2D eigenvalue weighted by molar-refractivity contribution is -0.143. The van der Waals surface area contributed by atoms with Gasteiger partial charge in [0, 0.05) is 139 Å². The number of H-pyrrole nitrogens is 1. The Hall–Kier alpha value is -7.41. The van der Waals surface area contributed by atoms with Gasteiger partial charge in [0.05, 0.1) is 50.7 Å². The molecule has 87 heavy (non-hydrogen) atoms. The quantitative estimate of drug-likeness (QED) is 0.0460. The number of aromatic amines is 1. The Morgan fingerprint density at radius 3 is 2.18 bits per heavy atom. The topological polar surface area (TPSA) is 221 Å². The van der Waals surface area contributed by atoms with E-state index in [-0.39, 0.29) is 73.2 Å². The van der Waals surface area contributed by atoms with Crippen molar-refractivity contribution in [1.82, 2.24) is 44.9 Å². The van der Waals surface area contributed by atoms with Crippen LogP contribution >= 0.6 is 11.3 Å². The third-order valence-corrected chi connectivity index (χ3v) is 18.2. The van der Waals surface area contributed by atoms with Gasteiger partial charge in [0.2, 0.25) is 29.2 Å². The van der Waals surface area contributed by atoms with E-state index in [4.69, 9.17) is 0 Å². The van der Waals surface area contributed by atoms with Gasteiger partial charge >= 0.3 is 6.18 Å². The van der Waals surface area contributed by atoms with Gasteiger partial charge < -0.3 is 40.3 Å². The number of likely N-dealkylation sites (N-methyl/N-ethyl adjacent to an activating group) is 1. The molecule has 3 fully saturated rings. The van der Waals surface area contributed by atoms with Gasteiger partial charge in [0.1, 0.15) is 11.9 Å². The van der Waals surface area contributed by atoms with Crippen molar-refractivity contribution in [2.75, 3.05) is 81.1 Å². The van der Waals surface area contributed by atoms with Crippen LogP contribution in [0, 0.1) is 18.2 Å². The summed E-state index contributed by atoms with van der Waals surface area (Å²) in [5.41, 5.74) is 3.13. The number of aromatic nitrogens is 4. The highest BCUT2D eigenvalue weighted by Gasteiger charge is 2.44. The Bertz CT molecular complexity index is 3390. The van der Waals surface area contributed by atoms with Crippen molar-refractivity contribution in [2.24, 2.45) is 5.41 Å². The lowest BCUT2D eigenvalue weighted by atomic mass is 9.85. The smallest absolute Gasteiger partial charge is 0.391 e. The number of rotatable bonds is 19. The first kappa shape index (κ1) is 64.1. The number of benzene rings is 2. The van der Waals surface area contributed by atoms with Crippen LogP contribution in [0.25, 0.3) is 16.0 Å². The molecule has 5 aromatic rings. The lowest BCUT2D eigenvalue weighted by Crippen LogP contribution is -2.56. The van der Waals surface area contributed by atoms with Crippen molar-refractivity contribution in [1.29, 1.82) is 0 Å². The number of unbranched alkanes of at least 4 members (excludes halogenated alkanes) is 1. The number of nitrogens with one attached hydrogen (secondary N) is 3. The van der Waals surface area contributed by atoms with E-state index in [0.717, 1.165) is 33.5 Å². The van der Waals surface area contributed by atoms with Crippen molar-refractivity contribution in [2.45, 2.75) is 136 Å². The van der Waals surface area contributed by atoms with E-state index in [1.165, 1.54) is 17.0 Å². The molecule has 466 valence electrons. The van der Waals surface area contributed by atoms with Crippen LogP contribution in [0.4, 0.5) is 34.9 Å². The highest BCUT2D eigenvalue weighted by molar-refractivity contribution is 7.13. The summed E-state index contributed by atoms with van der Waals surface area (Å²) >= 11 is 1.57. The number of piperazine rings is 2. The number of alkyl halides is 3. The number of pyridine rings is 1. The summed E-state index contributed by atoms with van der Waals surface area (Å²) in [6, 6.07) is 9.52. The fourth-order valence-electron chi connectivity index (χ4n) is 11.9. The molecule has 0 unspecified atom stereocenters. The number of hydrogen-bond donors (Lipinski definition) is 4. The molecule has 0 saturated carbocycles. The Morgan fingerprint density at radius 1 is 0.862 bits per heavy atom. The fourth-order valence-corrected chi connectivity index (χ4v) is 12.7. The Labute approximate surface area is 508 Å². The van der Waals surface area contributed by atoms with Crippen molar-refractivity contribution >= 4 is 63.6 Å². The molecule has 0 aliphatic carbocycles. The van der Waals surface area contributed by atoms with E-state index in [1.54, 1.807) is 23.7 Å². The number of aliphatic hydroxyl groups is 1. The number of anilines is 3. The highest BCUT2D eigenvalue weighted by atomic mass is 32.1. The average Bonchev–Trinajstić information content (AvgIpc) is 1.56. The van der Waals surface area contributed by atoms with E-state index in [9.17, 15) is 47.0 Å². The summed E-state index contributed by atoms with van der Waals surface area (Å²) < 4.78 is 58.4. The summed E-state index contributed by atoms with van der Waals surface area (Å²) in [5, 5.41) is 16.2. The first-order valence-electron chi connectivity index (χ1n) is 29.8. The number of β-amino-alcohol motifs (C(OH)–C–C–N with tert-alkyl or cyclic N) is 1. The maximum atomic E-state index is 16.3. The zero-order chi connectivity index (χ0) is 62.5. The first-order chi connectivity index (χ1) is 41.3. The zero-order valence-electron chi connectivity index (χ0n) is 50.4. The molecule has 4 aliphatic heterocycles. The van der Waals surface area contributed by atoms with Gasteiger partial charge in [-0.15, -0.1) is 11.3 Å². The first-order valence-corrected chi connectivity index (χ1v) is 30.7. The maximum Gasteiger partial charge on any atom is 0.417 e. The van der Waals surface area contributed by atoms with Gasteiger partial charge in [-0.2, -0.15) is 13.2 Å². The fraction of sp³-hybridized carbons (Fsp3) is 0.508.